The number of hydrogen-bond acceptors (Lipinski definition) is 12. The van der Waals surface area contributed by atoms with E-state index in [4.69, 9.17) is 54.9 Å². The SMILES string of the molecule is CC1(C)OB(c2cc3c(oc4c5ccccc5c5ccccc5c34)c3ccccc23)OC1(C)C.CC1(C)OB(c2cc3c4ccc5ccccc5c4oc3c3ccccc23)OC1(C)C.CC1(C)OB(c2ccc(-c3ccc4oc5ccccc5c4c3)cc2)OC1(C)C.CC1(C)OB(c2ccc3oc4cc5ccccc5cc4c3c2)OC1(C)C. The molecule has 4 aromatic heterocycles. The van der Waals surface area contributed by atoms with Crippen LogP contribution in [0.15, 0.2) is 285 Å². The molecule has 0 N–H and O–H groups in total. The zero-order valence-corrected chi connectivity index (χ0v) is 69.6. The first-order chi connectivity index (χ1) is 56.4. The topological polar surface area (TPSA) is 126 Å². The highest BCUT2D eigenvalue weighted by atomic mass is 16.7. The Morgan fingerprint density at radius 3 is 1.09 bits per heavy atom. The van der Waals surface area contributed by atoms with Gasteiger partial charge in [-0.25, -0.2) is 0 Å². The van der Waals surface area contributed by atoms with Crippen LogP contribution in [-0.4, -0.2) is 73.3 Å². The monoisotopic (exact) mass is 1550 g/mol. The molecule has 0 bridgehead atoms. The minimum Gasteiger partial charge on any atom is -0.456 e. The van der Waals surface area contributed by atoms with E-state index in [1.807, 2.05) is 42.5 Å². The van der Waals surface area contributed by atoms with E-state index >= 15 is 0 Å². The van der Waals surface area contributed by atoms with E-state index < -0.39 is 25.4 Å². The largest absolute Gasteiger partial charge is 0.495 e. The van der Waals surface area contributed by atoms with E-state index in [0.717, 1.165) is 147 Å². The Morgan fingerprint density at radius 2 is 0.534 bits per heavy atom. The minimum absolute atomic E-state index is 0.330. The molecule has 19 aromatic rings. The standard InChI is InChI=1S/C30H25BO3.C26H23BO3.C24H23BO3.C22H21BO3/c1-29(2)30(3,4)34-31(33-29)25-17-24-26-21-14-8-5-11-18(21)19-12-6-9-15-22(19)28(26)32-27(24)23-16-10-7-13-20(23)25;1-25(2)26(3,4)30-27(29-25)22-15-21-20-14-13-16-9-5-6-10-17(16)23(20)28-24(21)19-12-8-7-11-18(19)22;1-23(2)24(3,4)28-25(27-23)18-12-9-16(10-13-18)17-11-14-22-20(15-17)19-7-5-6-8-21(19)26-22;1-21(2)22(3,4)26-23(25-21)16-9-10-19-18(13-16)17-11-14-7-5-6-8-15(14)12-20(17)24-19/h5-17H,1-4H3;5-15H,1-4H3;5-15H,1-4H3;5-13H,1-4H3. The van der Waals surface area contributed by atoms with E-state index in [1.54, 1.807) is 0 Å². The second-order valence-corrected chi connectivity index (χ2v) is 36.3. The van der Waals surface area contributed by atoms with Crippen LogP contribution < -0.4 is 21.9 Å². The fraction of sp³-hybridized carbons (Fsp3) is 0.235. The number of furan rings is 4. The van der Waals surface area contributed by atoms with Gasteiger partial charge < -0.3 is 54.9 Å². The molecule has 15 aromatic carbocycles. The average Bonchev–Trinajstić information content (AvgIpc) is 1.55. The molecule has 4 aliphatic rings. The normalized spacial score (nSPS) is 18.2. The summed E-state index contributed by atoms with van der Waals surface area (Å²) in [6.45, 7) is 33.4. The van der Waals surface area contributed by atoms with E-state index in [-0.39, 0.29) is 47.8 Å². The third-order valence-electron chi connectivity index (χ3n) is 26.8. The molecule has 16 heteroatoms. The summed E-state index contributed by atoms with van der Waals surface area (Å²) in [7, 11) is -1.57. The Morgan fingerprint density at radius 1 is 0.186 bits per heavy atom. The molecular weight excluding hydrogens is 1460 g/mol. The first-order valence-electron chi connectivity index (χ1n) is 41.1. The number of rotatable bonds is 5. The third-order valence-corrected chi connectivity index (χ3v) is 26.8. The van der Waals surface area contributed by atoms with Crippen LogP contribution in [-0.2, 0) is 37.2 Å². The molecule has 0 saturated carbocycles. The molecule has 0 spiro atoms. The number of fused-ring (bicyclic) bond motifs is 24. The van der Waals surface area contributed by atoms with Gasteiger partial charge in [0.2, 0.25) is 0 Å². The van der Waals surface area contributed by atoms with Crippen molar-refractivity contribution in [1.82, 2.24) is 0 Å². The Labute approximate surface area is 687 Å². The van der Waals surface area contributed by atoms with E-state index in [9.17, 15) is 0 Å². The number of para-hydroxylation sites is 1. The Hall–Kier alpha value is -11.0. The van der Waals surface area contributed by atoms with Crippen molar-refractivity contribution in [3.63, 3.8) is 0 Å². The van der Waals surface area contributed by atoms with Crippen LogP contribution in [0.25, 0.3) is 164 Å². The number of benzene rings is 15. The molecule has 0 unspecified atom stereocenters. The van der Waals surface area contributed by atoms with Gasteiger partial charge >= 0.3 is 28.5 Å². The predicted octanol–water partition coefficient (Wildman–Crippen LogP) is 24.1. The molecule has 12 nitrogen and oxygen atoms in total. The van der Waals surface area contributed by atoms with Crippen LogP contribution in [0.5, 0.6) is 0 Å². The van der Waals surface area contributed by atoms with Gasteiger partial charge in [0, 0.05) is 64.6 Å². The summed E-state index contributed by atoms with van der Waals surface area (Å²) in [5.41, 5.74) is 10.9. The van der Waals surface area contributed by atoms with Crippen molar-refractivity contribution >= 4 is 203 Å². The van der Waals surface area contributed by atoms with E-state index in [0.29, 0.717) is 0 Å². The average molecular weight is 1550 g/mol. The van der Waals surface area contributed by atoms with Crippen LogP contribution >= 0.6 is 0 Å². The highest BCUT2D eigenvalue weighted by Gasteiger charge is 2.55. The first kappa shape index (κ1) is 75.7. The van der Waals surface area contributed by atoms with Crippen molar-refractivity contribution in [1.29, 1.82) is 0 Å². The molecule has 4 fully saturated rings. The van der Waals surface area contributed by atoms with Crippen molar-refractivity contribution in [3.05, 3.63) is 267 Å². The molecule has 0 aliphatic carbocycles. The Balaban J connectivity index is 0.000000101. The van der Waals surface area contributed by atoms with Crippen LogP contribution in [0.2, 0.25) is 0 Å². The van der Waals surface area contributed by atoms with E-state index in [2.05, 4.69) is 335 Å². The van der Waals surface area contributed by atoms with Crippen LogP contribution in [0.1, 0.15) is 111 Å². The lowest BCUT2D eigenvalue weighted by molar-refractivity contribution is 0.00578. The zero-order valence-electron chi connectivity index (χ0n) is 69.6. The van der Waals surface area contributed by atoms with Crippen molar-refractivity contribution in [2.45, 2.75) is 156 Å². The molecule has 0 amide bonds. The van der Waals surface area contributed by atoms with Gasteiger partial charge in [-0.3, -0.25) is 0 Å². The van der Waals surface area contributed by atoms with Gasteiger partial charge in [-0.05, 0) is 229 Å². The smallest absolute Gasteiger partial charge is 0.456 e. The summed E-state index contributed by atoms with van der Waals surface area (Å²) in [5.74, 6) is 0. The number of hydrogen-bond donors (Lipinski definition) is 0. The highest BCUT2D eigenvalue weighted by Crippen LogP contribution is 2.47. The van der Waals surface area contributed by atoms with Crippen LogP contribution in [0.3, 0.4) is 0 Å². The van der Waals surface area contributed by atoms with Gasteiger partial charge in [0.25, 0.3) is 0 Å². The Kier molecular flexibility index (Phi) is 17.5. The second kappa shape index (κ2) is 27.3. The zero-order chi connectivity index (χ0) is 81.5. The Bertz CT molecular complexity index is 7220. The van der Waals surface area contributed by atoms with Gasteiger partial charge in [-0.1, -0.05) is 224 Å². The van der Waals surface area contributed by atoms with Crippen molar-refractivity contribution in [2.75, 3.05) is 0 Å². The van der Waals surface area contributed by atoms with Crippen molar-refractivity contribution < 1.29 is 54.9 Å². The quantitative estimate of drug-likeness (QED) is 0.120. The summed E-state index contributed by atoms with van der Waals surface area (Å²) in [6.07, 6.45) is 0. The van der Waals surface area contributed by atoms with Crippen LogP contribution in [0.4, 0.5) is 0 Å². The lowest BCUT2D eigenvalue weighted by Gasteiger charge is -2.32. The summed E-state index contributed by atoms with van der Waals surface area (Å²) < 4.78 is 75.8. The summed E-state index contributed by atoms with van der Waals surface area (Å²) >= 11 is 0. The molecule has 8 heterocycles. The molecule has 23 rings (SSSR count). The first-order valence-corrected chi connectivity index (χ1v) is 41.1. The van der Waals surface area contributed by atoms with Gasteiger partial charge in [-0.15, -0.1) is 0 Å². The summed E-state index contributed by atoms with van der Waals surface area (Å²) in [5, 5.41) is 22.8. The third kappa shape index (κ3) is 12.4. The summed E-state index contributed by atoms with van der Waals surface area (Å²) in [4.78, 5) is 0. The predicted molar refractivity (Wildman–Crippen MR) is 488 cm³/mol. The molecule has 584 valence electrons. The molecule has 4 aliphatic heterocycles. The fourth-order valence-corrected chi connectivity index (χ4v) is 17.3. The minimum atomic E-state index is -0.448. The maximum atomic E-state index is 6.70. The molecule has 4 saturated heterocycles. The van der Waals surface area contributed by atoms with Crippen molar-refractivity contribution in [2.24, 2.45) is 0 Å². The van der Waals surface area contributed by atoms with Gasteiger partial charge in [-0.2, -0.15) is 0 Å². The lowest BCUT2D eigenvalue weighted by atomic mass is 9.75. The van der Waals surface area contributed by atoms with Crippen molar-refractivity contribution in [3.8, 4) is 11.1 Å². The van der Waals surface area contributed by atoms with Crippen LogP contribution in [0, 0.1) is 0 Å². The van der Waals surface area contributed by atoms with Gasteiger partial charge in [0.1, 0.15) is 44.7 Å². The molecule has 118 heavy (non-hydrogen) atoms. The maximum Gasteiger partial charge on any atom is 0.495 e. The fourth-order valence-electron chi connectivity index (χ4n) is 17.3. The molecular formula is C102H92B4O12. The molecule has 0 atom stereocenters. The molecule has 0 radical (unpaired) electrons. The second-order valence-electron chi connectivity index (χ2n) is 36.3. The van der Waals surface area contributed by atoms with E-state index in [1.165, 1.54) is 37.9 Å². The maximum absolute atomic E-state index is 6.70. The van der Waals surface area contributed by atoms with Gasteiger partial charge in [0.15, 0.2) is 0 Å². The van der Waals surface area contributed by atoms with Gasteiger partial charge in [0.05, 0.1) is 44.8 Å². The highest BCUT2D eigenvalue weighted by molar-refractivity contribution is 6.67. The summed E-state index contributed by atoms with van der Waals surface area (Å²) in [6, 6.07) is 92.8. The lowest BCUT2D eigenvalue weighted by Crippen LogP contribution is -2.41.